The smallest absolute Gasteiger partial charge is 0.412 e. The lowest BCUT2D eigenvalue weighted by Crippen LogP contribution is -2.48. The summed E-state index contributed by atoms with van der Waals surface area (Å²) in [6.45, 7) is 5.77. The standard InChI is InChI=1S/C19H23N3O6/c1-3-7-20-18(24)22-14-9-26-17-15(10-27-16(14)17)28-19(25)21-13-6-4-5-12(8-13)11(2)23/h3-6,8,14-17H,1,7,9-10H2,2H3,(H,21,25)(H2,20,22,24)/t14-,15-,16-,17+/m0/s1. The molecule has 9 nitrogen and oxygen atoms in total. The number of carbonyl (C=O) groups excluding carboxylic acids is 3. The molecule has 2 saturated heterocycles. The Balaban J connectivity index is 1.52. The van der Waals surface area contributed by atoms with Crippen LogP contribution in [0.3, 0.4) is 0 Å². The highest BCUT2D eigenvalue weighted by atomic mass is 16.6. The van der Waals surface area contributed by atoms with E-state index in [1.807, 2.05) is 0 Å². The zero-order valence-electron chi connectivity index (χ0n) is 15.5. The van der Waals surface area contributed by atoms with Gasteiger partial charge in [-0.1, -0.05) is 18.2 Å². The average Bonchev–Trinajstić information content (AvgIpc) is 3.24. The third-order valence-corrected chi connectivity index (χ3v) is 4.51. The topological polar surface area (TPSA) is 115 Å². The van der Waals surface area contributed by atoms with Gasteiger partial charge in [-0.25, -0.2) is 9.59 Å². The molecule has 2 aliphatic rings. The van der Waals surface area contributed by atoms with Gasteiger partial charge in [-0.3, -0.25) is 10.1 Å². The van der Waals surface area contributed by atoms with Crippen LogP contribution in [-0.2, 0) is 14.2 Å². The van der Waals surface area contributed by atoms with Gasteiger partial charge in [-0.15, -0.1) is 6.58 Å². The molecule has 9 heteroatoms. The van der Waals surface area contributed by atoms with Gasteiger partial charge in [-0.05, 0) is 19.1 Å². The number of anilines is 1. The summed E-state index contributed by atoms with van der Waals surface area (Å²) in [5.74, 6) is -0.0981. The Labute approximate surface area is 162 Å². The average molecular weight is 389 g/mol. The van der Waals surface area contributed by atoms with Crippen LogP contribution in [0.5, 0.6) is 0 Å². The van der Waals surface area contributed by atoms with Crippen LogP contribution < -0.4 is 16.0 Å². The van der Waals surface area contributed by atoms with Crippen LogP contribution >= 0.6 is 0 Å². The zero-order chi connectivity index (χ0) is 20.1. The maximum absolute atomic E-state index is 12.2. The summed E-state index contributed by atoms with van der Waals surface area (Å²) in [6.07, 6.45) is -0.538. The molecular formula is C19H23N3O6. The summed E-state index contributed by atoms with van der Waals surface area (Å²) in [5.41, 5.74) is 0.948. The second kappa shape index (κ2) is 8.85. The molecule has 2 aliphatic heterocycles. The Morgan fingerprint density at radius 1 is 1.25 bits per heavy atom. The minimum absolute atomic E-state index is 0.0981. The van der Waals surface area contributed by atoms with Crippen molar-refractivity contribution in [2.45, 2.75) is 31.3 Å². The van der Waals surface area contributed by atoms with Gasteiger partial charge in [0.15, 0.2) is 11.9 Å². The van der Waals surface area contributed by atoms with E-state index in [0.717, 1.165) is 0 Å². The molecule has 0 bridgehead atoms. The fourth-order valence-electron chi connectivity index (χ4n) is 3.17. The lowest BCUT2D eigenvalue weighted by molar-refractivity contribution is 0.00872. The van der Waals surface area contributed by atoms with Crippen molar-refractivity contribution >= 4 is 23.6 Å². The van der Waals surface area contributed by atoms with Gasteiger partial charge < -0.3 is 24.8 Å². The first-order chi connectivity index (χ1) is 13.5. The first-order valence-corrected chi connectivity index (χ1v) is 8.95. The number of Topliss-reactive ketones (excluding diaryl/α,β-unsaturated/α-hetero) is 1. The quantitative estimate of drug-likeness (QED) is 0.501. The van der Waals surface area contributed by atoms with Crippen molar-refractivity contribution in [2.75, 3.05) is 25.1 Å². The predicted molar refractivity (Wildman–Crippen MR) is 100 cm³/mol. The second-order valence-corrected chi connectivity index (χ2v) is 6.55. The minimum Gasteiger partial charge on any atom is -0.441 e. The van der Waals surface area contributed by atoms with Crippen molar-refractivity contribution in [1.29, 1.82) is 0 Å². The predicted octanol–water partition coefficient (Wildman–Crippen LogP) is 1.46. The zero-order valence-corrected chi connectivity index (χ0v) is 15.5. The first kappa shape index (κ1) is 19.8. The van der Waals surface area contributed by atoms with E-state index in [9.17, 15) is 14.4 Å². The molecule has 3 N–H and O–H groups in total. The summed E-state index contributed by atoms with van der Waals surface area (Å²) in [6, 6.07) is 5.90. The molecule has 0 spiro atoms. The molecule has 3 rings (SSSR count). The summed E-state index contributed by atoms with van der Waals surface area (Å²) < 4.78 is 16.8. The molecule has 2 fully saturated rings. The number of hydrogen-bond donors (Lipinski definition) is 3. The molecule has 0 aliphatic carbocycles. The Kier molecular flexibility index (Phi) is 6.27. The van der Waals surface area contributed by atoms with Crippen LogP contribution in [0.4, 0.5) is 15.3 Å². The third-order valence-electron chi connectivity index (χ3n) is 4.51. The van der Waals surface area contributed by atoms with Crippen LogP contribution in [-0.4, -0.2) is 62.0 Å². The van der Waals surface area contributed by atoms with E-state index in [-0.39, 0.29) is 31.1 Å². The van der Waals surface area contributed by atoms with Gasteiger partial charge >= 0.3 is 12.1 Å². The molecule has 0 saturated carbocycles. The Morgan fingerprint density at radius 3 is 2.79 bits per heavy atom. The normalized spacial score (nSPS) is 25.5. The van der Waals surface area contributed by atoms with Crippen LogP contribution in [0.2, 0.25) is 0 Å². The number of hydrogen-bond acceptors (Lipinski definition) is 6. The number of urea groups is 1. The maximum Gasteiger partial charge on any atom is 0.412 e. The number of ether oxygens (including phenoxy) is 3. The van der Waals surface area contributed by atoms with E-state index < -0.39 is 24.4 Å². The lowest BCUT2D eigenvalue weighted by atomic mass is 10.1. The van der Waals surface area contributed by atoms with Gasteiger partial charge in [0, 0.05) is 17.8 Å². The summed E-state index contributed by atoms with van der Waals surface area (Å²) in [7, 11) is 0. The summed E-state index contributed by atoms with van der Waals surface area (Å²) in [4.78, 5) is 35.4. The van der Waals surface area contributed by atoms with Crippen LogP contribution in [0.15, 0.2) is 36.9 Å². The molecule has 1 aromatic rings. The number of amides is 3. The first-order valence-electron chi connectivity index (χ1n) is 8.95. The van der Waals surface area contributed by atoms with Gasteiger partial charge in [0.05, 0.1) is 19.3 Å². The number of benzene rings is 1. The maximum atomic E-state index is 12.2. The van der Waals surface area contributed by atoms with E-state index in [1.165, 1.54) is 6.92 Å². The lowest BCUT2D eigenvalue weighted by Gasteiger charge is -2.18. The van der Waals surface area contributed by atoms with E-state index in [0.29, 0.717) is 17.8 Å². The molecule has 150 valence electrons. The second-order valence-electron chi connectivity index (χ2n) is 6.55. The van der Waals surface area contributed by atoms with Crippen LogP contribution in [0.1, 0.15) is 17.3 Å². The van der Waals surface area contributed by atoms with Crippen molar-refractivity contribution in [3.05, 3.63) is 42.5 Å². The number of ketones is 1. The largest absolute Gasteiger partial charge is 0.441 e. The van der Waals surface area contributed by atoms with Crippen LogP contribution in [0.25, 0.3) is 0 Å². The van der Waals surface area contributed by atoms with E-state index >= 15 is 0 Å². The van der Waals surface area contributed by atoms with E-state index in [2.05, 4.69) is 22.5 Å². The Hall–Kier alpha value is -2.91. The molecule has 0 aromatic heterocycles. The molecular weight excluding hydrogens is 366 g/mol. The highest BCUT2D eigenvalue weighted by Gasteiger charge is 2.50. The van der Waals surface area contributed by atoms with Gasteiger partial charge in [0.2, 0.25) is 0 Å². The van der Waals surface area contributed by atoms with Crippen molar-refractivity contribution in [1.82, 2.24) is 10.6 Å². The highest BCUT2D eigenvalue weighted by Crippen LogP contribution is 2.29. The van der Waals surface area contributed by atoms with Crippen molar-refractivity contribution < 1.29 is 28.6 Å². The van der Waals surface area contributed by atoms with Gasteiger partial charge in [0.1, 0.15) is 12.2 Å². The molecule has 0 radical (unpaired) electrons. The van der Waals surface area contributed by atoms with Crippen molar-refractivity contribution in [2.24, 2.45) is 0 Å². The SMILES string of the molecule is C=CCNC(=O)N[C@H]1CO[C@H]2[C@H]1OC[C@@H]2OC(=O)Nc1cccc(C(C)=O)c1. The number of rotatable bonds is 6. The number of carbonyl (C=O) groups is 3. The van der Waals surface area contributed by atoms with Crippen molar-refractivity contribution in [3.8, 4) is 0 Å². The van der Waals surface area contributed by atoms with E-state index in [1.54, 1.807) is 30.3 Å². The fourth-order valence-corrected chi connectivity index (χ4v) is 3.17. The minimum atomic E-state index is -0.668. The molecule has 2 heterocycles. The Bertz CT molecular complexity index is 768. The molecule has 0 unspecified atom stereocenters. The third kappa shape index (κ3) is 4.68. The molecule has 3 amide bonds. The molecule has 1 aromatic carbocycles. The highest BCUT2D eigenvalue weighted by molar-refractivity contribution is 5.96. The van der Waals surface area contributed by atoms with Crippen LogP contribution in [0, 0.1) is 0 Å². The van der Waals surface area contributed by atoms with Gasteiger partial charge in [0.25, 0.3) is 0 Å². The number of fused-ring (bicyclic) bond motifs is 1. The van der Waals surface area contributed by atoms with E-state index in [4.69, 9.17) is 14.2 Å². The number of nitrogens with one attached hydrogen (secondary N) is 3. The summed E-state index contributed by atoms with van der Waals surface area (Å²) >= 11 is 0. The molecule has 4 atom stereocenters. The Morgan fingerprint density at radius 2 is 2.04 bits per heavy atom. The fraction of sp³-hybridized carbons (Fsp3) is 0.421. The summed E-state index contributed by atoms with van der Waals surface area (Å²) in [5, 5.41) is 8.00. The van der Waals surface area contributed by atoms with Gasteiger partial charge in [-0.2, -0.15) is 0 Å². The monoisotopic (exact) mass is 389 g/mol. The van der Waals surface area contributed by atoms with Crippen molar-refractivity contribution in [3.63, 3.8) is 0 Å². The molecule has 28 heavy (non-hydrogen) atoms.